The molecule has 1 saturated heterocycles. The summed E-state index contributed by atoms with van der Waals surface area (Å²) in [6, 6.07) is 15.7. The third-order valence-electron chi connectivity index (χ3n) is 4.02. The number of urea groups is 1. The lowest BCUT2D eigenvalue weighted by atomic mass is 10.1. The van der Waals surface area contributed by atoms with Gasteiger partial charge >= 0.3 is 12.0 Å². The van der Waals surface area contributed by atoms with Crippen LogP contribution in [0, 0.1) is 0 Å². The Morgan fingerprint density at radius 1 is 1.07 bits per heavy atom. The molecule has 0 unspecified atom stereocenters. The van der Waals surface area contributed by atoms with Crippen LogP contribution in [0.1, 0.15) is 18.1 Å². The zero-order valence-corrected chi connectivity index (χ0v) is 15.4. The second kappa shape index (κ2) is 8.85. The number of amides is 3. The molecule has 7 heteroatoms. The van der Waals surface area contributed by atoms with Gasteiger partial charge in [-0.3, -0.25) is 9.69 Å². The van der Waals surface area contributed by atoms with Crippen LogP contribution in [0.25, 0.3) is 6.08 Å². The van der Waals surface area contributed by atoms with Gasteiger partial charge in [0.05, 0.1) is 13.2 Å². The van der Waals surface area contributed by atoms with Crippen molar-refractivity contribution in [1.82, 2.24) is 10.2 Å². The monoisotopic (exact) mass is 380 g/mol. The molecule has 3 amide bonds. The molecule has 1 N–H and O–H groups in total. The summed E-state index contributed by atoms with van der Waals surface area (Å²) >= 11 is 0. The van der Waals surface area contributed by atoms with E-state index in [4.69, 9.17) is 9.47 Å². The molecule has 0 atom stereocenters. The van der Waals surface area contributed by atoms with E-state index in [2.05, 4.69) is 5.32 Å². The predicted molar refractivity (Wildman–Crippen MR) is 102 cm³/mol. The molecule has 0 saturated carbocycles. The Morgan fingerprint density at radius 2 is 1.79 bits per heavy atom. The topological polar surface area (TPSA) is 84.9 Å². The van der Waals surface area contributed by atoms with Crippen molar-refractivity contribution in [2.45, 2.75) is 13.5 Å². The summed E-state index contributed by atoms with van der Waals surface area (Å²) in [4.78, 5) is 37.5. The van der Waals surface area contributed by atoms with Gasteiger partial charge in [-0.1, -0.05) is 48.5 Å². The summed E-state index contributed by atoms with van der Waals surface area (Å²) in [7, 11) is 0. The number of benzene rings is 2. The van der Waals surface area contributed by atoms with Crippen LogP contribution in [0.5, 0.6) is 5.75 Å². The van der Waals surface area contributed by atoms with Crippen LogP contribution in [-0.4, -0.2) is 36.0 Å². The first-order valence-electron chi connectivity index (χ1n) is 8.84. The normalized spacial score (nSPS) is 14.9. The molecule has 1 heterocycles. The number of imide groups is 1. The molecule has 1 aliphatic rings. The van der Waals surface area contributed by atoms with Gasteiger partial charge in [-0.2, -0.15) is 0 Å². The summed E-state index contributed by atoms with van der Waals surface area (Å²) in [5, 5.41) is 2.59. The minimum absolute atomic E-state index is 0.146. The maximum Gasteiger partial charge on any atom is 0.344 e. The molecule has 28 heavy (non-hydrogen) atoms. The molecular formula is C21H20N2O5. The van der Waals surface area contributed by atoms with Gasteiger partial charge < -0.3 is 14.8 Å². The van der Waals surface area contributed by atoms with Gasteiger partial charge in [-0.25, -0.2) is 9.59 Å². The van der Waals surface area contributed by atoms with Crippen molar-refractivity contribution < 1.29 is 23.9 Å². The highest BCUT2D eigenvalue weighted by atomic mass is 16.6. The minimum Gasteiger partial charge on any atom is -0.481 e. The Morgan fingerprint density at radius 3 is 2.54 bits per heavy atom. The molecule has 0 aliphatic carbocycles. The molecule has 144 valence electrons. The third kappa shape index (κ3) is 4.56. The van der Waals surface area contributed by atoms with E-state index < -0.39 is 17.9 Å². The predicted octanol–water partition coefficient (Wildman–Crippen LogP) is 2.72. The first-order valence-corrected chi connectivity index (χ1v) is 8.84. The minimum atomic E-state index is -0.482. The number of hydrogen-bond donors (Lipinski definition) is 1. The molecule has 0 spiro atoms. The Hall–Kier alpha value is -3.61. The molecule has 2 aromatic rings. The quantitative estimate of drug-likeness (QED) is 0.454. The maximum absolute atomic E-state index is 12.6. The molecule has 2 aromatic carbocycles. The summed E-state index contributed by atoms with van der Waals surface area (Å²) < 4.78 is 10.3. The van der Waals surface area contributed by atoms with Crippen LogP contribution in [0.4, 0.5) is 4.79 Å². The second-order valence-corrected chi connectivity index (χ2v) is 6.00. The fraction of sp³-hybridized carbons (Fsp3) is 0.190. The van der Waals surface area contributed by atoms with Crippen molar-refractivity contribution in [2.75, 3.05) is 13.2 Å². The van der Waals surface area contributed by atoms with E-state index in [1.165, 1.54) is 6.08 Å². The number of hydrogen-bond acceptors (Lipinski definition) is 5. The SMILES string of the molecule is CCOC(=O)COc1ccccc1/C=C1/NC(=O)N(Cc2ccccc2)C1=O. The molecule has 0 aromatic heterocycles. The molecule has 1 aliphatic heterocycles. The fourth-order valence-electron chi connectivity index (χ4n) is 2.71. The number of esters is 1. The first kappa shape index (κ1) is 19.2. The van der Waals surface area contributed by atoms with E-state index in [1.54, 1.807) is 31.2 Å². The van der Waals surface area contributed by atoms with Crippen molar-refractivity contribution >= 4 is 24.0 Å². The Balaban J connectivity index is 1.76. The van der Waals surface area contributed by atoms with Crippen molar-refractivity contribution in [3.8, 4) is 5.75 Å². The van der Waals surface area contributed by atoms with Crippen LogP contribution in [0.15, 0.2) is 60.3 Å². The average Bonchev–Trinajstić information content (AvgIpc) is 2.96. The van der Waals surface area contributed by atoms with Gasteiger partial charge in [0.2, 0.25) is 0 Å². The van der Waals surface area contributed by atoms with E-state index in [0.717, 1.165) is 10.5 Å². The lowest BCUT2D eigenvalue weighted by Gasteiger charge is -2.11. The van der Waals surface area contributed by atoms with Crippen molar-refractivity contribution in [3.05, 3.63) is 71.4 Å². The molecule has 0 radical (unpaired) electrons. The van der Waals surface area contributed by atoms with Gasteiger partial charge in [-0.15, -0.1) is 0 Å². The van der Waals surface area contributed by atoms with Crippen LogP contribution in [0.3, 0.4) is 0 Å². The van der Waals surface area contributed by atoms with Gasteiger partial charge in [0.1, 0.15) is 11.4 Å². The first-order chi connectivity index (χ1) is 13.6. The van der Waals surface area contributed by atoms with Gasteiger partial charge in [0, 0.05) is 5.56 Å². The smallest absolute Gasteiger partial charge is 0.344 e. The average molecular weight is 380 g/mol. The highest BCUT2D eigenvalue weighted by Crippen LogP contribution is 2.23. The van der Waals surface area contributed by atoms with E-state index >= 15 is 0 Å². The van der Waals surface area contributed by atoms with Crippen LogP contribution < -0.4 is 10.1 Å². The fourth-order valence-corrected chi connectivity index (χ4v) is 2.71. The molecule has 3 rings (SSSR count). The Labute approximate surface area is 162 Å². The van der Waals surface area contributed by atoms with E-state index in [1.807, 2.05) is 30.3 Å². The summed E-state index contributed by atoms with van der Waals surface area (Å²) in [5.41, 5.74) is 1.57. The lowest BCUT2D eigenvalue weighted by molar-refractivity contribution is -0.145. The van der Waals surface area contributed by atoms with Crippen LogP contribution in [-0.2, 0) is 20.9 Å². The zero-order chi connectivity index (χ0) is 19.9. The number of nitrogens with zero attached hydrogens (tertiary/aromatic N) is 1. The third-order valence-corrected chi connectivity index (χ3v) is 4.02. The Kier molecular flexibility index (Phi) is 6.06. The molecule has 1 fully saturated rings. The number of ether oxygens (including phenoxy) is 2. The molecule has 0 bridgehead atoms. The van der Waals surface area contributed by atoms with E-state index in [0.29, 0.717) is 11.3 Å². The number of para-hydroxylation sites is 1. The van der Waals surface area contributed by atoms with Gasteiger partial charge in [0.25, 0.3) is 5.91 Å². The number of carbonyl (C=O) groups excluding carboxylic acids is 3. The molecular weight excluding hydrogens is 360 g/mol. The summed E-state index contributed by atoms with van der Waals surface area (Å²) in [6.07, 6.45) is 1.53. The van der Waals surface area contributed by atoms with E-state index in [9.17, 15) is 14.4 Å². The van der Waals surface area contributed by atoms with Crippen molar-refractivity contribution in [2.24, 2.45) is 0 Å². The van der Waals surface area contributed by atoms with Crippen LogP contribution >= 0.6 is 0 Å². The van der Waals surface area contributed by atoms with Crippen molar-refractivity contribution in [3.63, 3.8) is 0 Å². The van der Waals surface area contributed by atoms with Crippen molar-refractivity contribution in [1.29, 1.82) is 0 Å². The second-order valence-electron chi connectivity index (χ2n) is 6.00. The van der Waals surface area contributed by atoms with E-state index in [-0.39, 0.29) is 25.5 Å². The summed E-state index contributed by atoms with van der Waals surface area (Å²) in [5.74, 6) is -0.495. The van der Waals surface area contributed by atoms with Gasteiger partial charge in [-0.05, 0) is 24.6 Å². The zero-order valence-electron chi connectivity index (χ0n) is 15.4. The maximum atomic E-state index is 12.6. The largest absolute Gasteiger partial charge is 0.481 e. The Bertz CT molecular complexity index is 908. The number of nitrogens with one attached hydrogen (secondary N) is 1. The highest BCUT2D eigenvalue weighted by molar-refractivity contribution is 6.14. The molecule has 7 nitrogen and oxygen atoms in total. The number of rotatable bonds is 7. The lowest BCUT2D eigenvalue weighted by Crippen LogP contribution is -2.30. The standard InChI is InChI=1S/C21H20N2O5/c1-2-27-19(24)14-28-18-11-7-6-10-16(18)12-17-20(25)23(21(26)22-17)13-15-8-4-3-5-9-15/h3-12H,2,13-14H2,1H3,(H,22,26)/b17-12+. The highest BCUT2D eigenvalue weighted by Gasteiger charge is 2.33. The summed E-state index contributed by atoms with van der Waals surface area (Å²) in [6.45, 7) is 1.93. The number of carbonyl (C=O) groups is 3. The van der Waals surface area contributed by atoms with Gasteiger partial charge in [0.15, 0.2) is 6.61 Å². The van der Waals surface area contributed by atoms with Crippen LogP contribution in [0.2, 0.25) is 0 Å².